The molecule has 0 saturated heterocycles. The molecule has 1 aromatic heterocycles. The third-order valence-corrected chi connectivity index (χ3v) is 3.42. The van der Waals surface area contributed by atoms with Gasteiger partial charge in [-0.2, -0.15) is 18.0 Å². The quantitative estimate of drug-likeness (QED) is 0.872. The van der Waals surface area contributed by atoms with Gasteiger partial charge in [0.05, 0.1) is 18.6 Å². The predicted molar refractivity (Wildman–Crippen MR) is 55.5 cm³/mol. The van der Waals surface area contributed by atoms with Crippen molar-refractivity contribution in [3.63, 3.8) is 0 Å². The fourth-order valence-corrected chi connectivity index (χ4v) is 2.35. The average Bonchev–Trinajstić information content (AvgIpc) is 2.62. The van der Waals surface area contributed by atoms with Crippen molar-refractivity contribution < 1.29 is 18.3 Å². The highest BCUT2D eigenvalue weighted by atomic mass is 19.4. The Kier molecular flexibility index (Phi) is 3.31. The van der Waals surface area contributed by atoms with Gasteiger partial charge in [-0.3, -0.25) is 0 Å². The lowest BCUT2D eigenvalue weighted by Gasteiger charge is -2.35. The Labute approximate surface area is 102 Å². The first-order valence-corrected chi connectivity index (χ1v) is 5.80. The molecule has 2 rings (SSSR count). The number of tetrazole rings is 1. The zero-order chi connectivity index (χ0) is 13.4. The summed E-state index contributed by atoms with van der Waals surface area (Å²) < 4.78 is 37.5. The first kappa shape index (κ1) is 13.3. The molecule has 1 fully saturated rings. The molecule has 0 amide bonds. The summed E-state index contributed by atoms with van der Waals surface area (Å²) in [7, 11) is 1.60. The lowest BCUT2D eigenvalue weighted by atomic mass is 9.77. The molecule has 0 aliphatic heterocycles. The van der Waals surface area contributed by atoms with Crippen LogP contribution in [0.25, 0.3) is 0 Å². The van der Waals surface area contributed by atoms with Crippen LogP contribution >= 0.6 is 0 Å². The van der Waals surface area contributed by atoms with Crippen molar-refractivity contribution in [3.8, 4) is 0 Å². The van der Waals surface area contributed by atoms with Crippen LogP contribution in [0.1, 0.15) is 31.5 Å². The van der Waals surface area contributed by atoms with E-state index >= 15 is 0 Å². The lowest BCUT2D eigenvalue weighted by molar-refractivity contribution is -0.192. The van der Waals surface area contributed by atoms with E-state index < -0.39 is 17.7 Å². The van der Waals surface area contributed by atoms with Gasteiger partial charge in [-0.1, -0.05) is 0 Å². The number of aliphatic hydroxyl groups is 1. The van der Waals surface area contributed by atoms with E-state index in [1.165, 1.54) is 4.80 Å². The monoisotopic (exact) mass is 264 g/mol. The molecule has 102 valence electrons. The maximum atomic E-state index is 12.5. The summed E-state index contributed by atoms with van der Waals surface area (Å²) in [4.78, 5) is 1.26. The minimum Gasteiger partial charge on any atom is -0.389 e. The summed E-state index contributed by atoms with van der Waals surface area (Å²) in [5.74, 6) is -0.932. The molecule has 1 heterocycles. The van der Waals surface area contributed by atoms with Crippen LogP contribution in [0.4, 0.5) is 13.2 Å². The average molecular weight is 264 g/mol. The SMILES string of the molecule is Cn1nnc(CC2(O)CCC(C(F)(F)F)CC2)n1. The highest BCUT2D eigenvalue weighted by Crippen LogP contribution is 2.41. The highest BCUT2D eigenvalue weighted by Gasteiger charge is 2.45. The van der Waals surface area contributed by atoms with Crippen LogP contribution in [-0.2, 0) is 13.5 Å². The fraction of sp³-hybridized carbons (Fsp3) is 0.900. The second-order valence-electron chi connectivity index (χ2n) is 4.91. The van der Waals surface area contributed by atoms with Crippen LogP contribution in [0.5, 0.6) is 0 Å². The first-order valence-electron chi connectivity index (χ1n) is 5.80. The Morgan fingerprint density at radius 1 is 1.39 bits per heavy atom. The Hall–Kier alpha value is -1.18. The molecular weight excluding hydrogens is 249 g/mol. The number of alkyl halides is 3. The molecule has 1 saturated carbocycles. The van der Waals surface area contributed by atoms with Gasteiger partial charge in [-0.15, -0.1) is 10.2 Å². The van der Waals surface area contributed by atoms with Gasteiger partial charge < -0.3 is 5.11 Å². The van der Waals surface area contributed by atoms with Gasteiger partial charge in [0.25, 0.3) is 0 Å². The number of nitrogens with zero attached hydrogens (tertiary/aromatic N) is 4. The zero-order valence-electron chi connectivity index (χ0n) is 9.98. The third kappa shape index (κ3) is 2.98. The number of halogens is 3. The van der Waals surface area contributed by atoms with Crippen molar-refractivity contribution >= 4 is 0 Å². The van der Waals surface area contributed by atoms with Crippen molar-refractivity contribution in [3.05, 3.63) is 5.82 Å². The minimum atomic E-state index is -4.16. The maximum Gasteiger partial charge on any atom is 0.391 e. The Morgan fingerprint density at radius 2 is 2.00 bits per heavy atom. The fourth-order valence-electron chi connectivity index (χ4n) is 2.35. The van der Waals surface area contributed by atoms with E-state index in [4.69, 9.17) is 0 Å². The van der Waals surface area contributed by atoms with E-state index in [2.05, 4.69) is 15.4 Å². The van der Waals surface area contributed by atoms with E-state index in [-0.39, 0.29) is 32.1 Å². The van der Waals surface area contributed by atoms with Crippen molar-refractivity contribution in [1.82, 2.24) is 20.2 Å². The van der Waals surface area contributed by atoms with Gasteiger partial charge in [-0.05, 0) is 30.9 Å². The Balaban J connectivity index is 1.95. The van der Waals surface area contributed by atoms with Crippen LogP contribution in [-0.4, -0.2) is 37.1 Å². The topological polar surface area (TPSA) is 63.8 Å². The minimum absolute atomic E-state index is 0.0414. The molecule has 0 atom stereocenters. The molecule has 1 N–H and O–H groups in total. The molecule has 0 bridgehead atoms. The van der Waals surface area contributed by atoms with E-state index in [9.17, 15) is 18.3 Å². The summed E-state index contributed by atoms with van der Waals surface area (Å²) >= 11 is 0. The highest BCUT2D eigenvalue weighted by molar-refractivity contribution is 4.95. The van der Waals surface area contributed by atoms with E-state index in [0.717, 1.165) is 0 Å². The Bertz CT molecular complexity index is 410. The van der Waals surface area contributed by atoms with Gasteiger partial charge >= 0.3 is 6.18 Å². The smallest absolute Gasteiger partial charge is 0.389 e. The summed E-state index contributed by atoms with van der Waals surface area (Å²) in [6, 6.07) is 0. The van der Waals surface area contributed by atoms with Gasteiger partial charge in [0.15, 0.2) is 5.82 Å². The third-order valence-electron chi connectivity index (χ3n) is 3.42. The molecule has 5 nitrogen and oxygen atoms in total. The second-order valence-corrected chi connectivity index (χ2v) is 4.91. The summed E-state index contributed by atoms with van der Waals surface area (Å²) in [5.41, 5.74) is -1.13. The van der Waals surface area contributed by atoms with Crippen LogP contribution in [0, 0.1) is 5.92 Å². The molecule has 1 aliphatic rings. The molecular formula is C10H15F3N4O. The number of aryl methyl sites for hydroxylation is 1. The zero-order valence-corrected chi connectivity index (χ0v) is 9.98. The number of hydrogen-bond acceptors (Lipinski definition) is 4. The number of hydrogen-bond donors (Lipinski definition) is 1. The van der Waals surface area contributed by atoms with Crippen molar-refractivity contribution in [2.75, 3.05) is 0 Å². The largest absolute Gasteiger partial charge is 0.391 e. The maximum absolute atomic E-state index is 12.5. The van der Waals surface area contributed by atoms with E-state index in [0.29, 0.717) is 5.82 Å². The second kappa shape index (κ2) is 4.49. The van der Waals surface area contributed by atoms with E-state index in [1.54, 1.807) is 7.05 Å². The normalized spacial score (nSPS) is 29.5. The molecule has 0 spiro atoms. The van der Waals surface area contributed by atoms with Crippen molar-refractivity contribution in [1.29, 1.82) is 0 Å². The van der Waals surface area contributed by atoms with Gasteiger partial charge in [-0.25, -0.2) is 0 Å². The predicted octanol–water partition coefficient (Wildman–Crippen LogP) is 1.24. The van der Waals surface area contributed by atoms with E-state index in [1.807, 2.05) is 0 Å². The van der Waals surface area contributed by atoms with Crippen LogP contribution in [0.2, 0.25) is 0 Å². The van der Waals surface area contributed by atoms with Crippen LogP contribution < -0.4 is 0 Å². The molecule has 0 aromatic carbocycles. The Morgan fingerprint density at radius 3 is 2.44 bits per heavy atom. The first-order chi connectivity index (χ1) is 8.28. The summed E-state index contributed by atoms with van der Waals surface area (Å²) in [6.07, 6.45) is -3.84. The van der Waals surface area contributed by atoms with Gasteiger partial charge in [0.1, 0.15) is 0 Å². The number of rotatable bonds is 2. The standard InChI is InChI=1S/C10H15F3N4O/c1-17-15-8(14-16-17)6-9(18)4-2-7(3-5-9)10(11,12)13/h7,18H,2-6H2,1H3. The molecule has 0 unspecified atom stereocenters. The summed E-state index contributed by atoms with van der Waals surface area (Å²) in [5, 5.41) is 21.5. The molecule has 1 aliphatic carbocycles. The molecule has 0 radical (unpaired) electrons. The summed E-state index contributed by atoms with van der Waals surface area (Å²) in [6.45, 7) is 0. The molecule has 18 heavy (non-hydrogen) atoms. The van der Waals surface area contributed by atoms with Crippen molar-refractivity contribution in [2.24, 2.45) is 13.0 Å². The van der Waals surface area contributed by atoms with Crippen molar-refractivity contribution in [2.45, 2.75) is 43.9 Å². The van der Waals surface area contributed by atoms with Crippen LogP contribution in [0.3, 0.4) is 0 Å². The molecule has 8 heteroatoms. The van der Waals surface area contributed by atoms with Gasteiger partial charge in [0.2, 0.25) is 0 Å². The van der Waals surface area contributed by atoms with Gasteiger partial charge in [0, 0.05) is 6.42 Å². The lowest BCUT2D eigenvalue weighted by Crippen LogP contribution is -2.40. The van der Waals surface area contributed by atoms with Crippen LogP contribution in [0.15, 0.2) is 0 Å². The number of aromatic nitrogens is 4. The molecule has 1 aromatic rings.